The molecule has 2 bridgehead atoms. The van der Waals surface area contributed by atoms with Crippen molar-refractivity contribution in [1.82, 2.24) is 5.32 Å². The number of hydrogen-bond acceptors (Lipinski definition) is 3. The van der Waals surface area contributed by atoms with E-state index in [9.17, 15) is 5.11 Å². The molecule has 1 aromatic carbocycles. The van der Waals surface area contributed by atoms with Gasteiger partial charge in [0.15, 0.2) is 0 Å². The van der Waals surface area contributed by atoms with Gasteiger partial charge < -0.3 is 10.0 Å². The predicted molar refractivity (Wildman–Crippen MR) is 68.0 cm³/mol. The van der Waals surface area contributed by atoms with Gasteiger partial charge in [0.1, 0.15) is 5.75 Å². The second-order valence-electron chi connectivity index (χ2n) is 4.67. The van der Waals surface area contributed by atoms with E-state index < -0.39 is 0 Å². The number of rotatable bonds is 0. The molecule has 0 saturated carbocycles. The zero-order valence-corrected chi connectivity index (χ0v) is 10.8. The van der Waals surface area contributed by atoms with Crippen molar-refractivity contribution in [3.8, 4) is 5.75 Å². The molecule has 0 aromatic heterocycles. The van der Waals surface area contributed by atoms with Crippen LogP contribution in [-0.2, 0) is 0 Å². The summed E-state index contributed by atoms with van der Waals surface area (Å²) in [5.41, 5.74) is 2.51. The van der Waals surface area contributed by atoms with E-state index in [2.05, 4.69) is 33.2 Å². The van der Waals surface area contributed by atoms with Crippen molar-refractivity contribution in [1.29, 1.82) is 0 Å². The van der Waals surface area contributed by atoms with Crippen molar-refractivity contribution < 1.29 is 5.11 Å². The molecule has 3 nitrogen and oxygen atoms in total. The van der Waals surface area contributed by atoms with E-state index in [1.165, 1.54) is 11.3 Å². The Labute approximate surface area is 104 Å². The van der Waals surface area contributed by atoms with Crippen molar-refractivity contribution in [2.24, 2.45) is 0 Å². The van der Waals surface area contributed by atoms with E-state index >= 15 is 0 Å². The number of phenolic OH excluding ortho intramolecular Hbond substituents is 1. The van der Waals surface area contributed by atoms with Crippen molar-refractivity contribution in [3.05, 3.63) is 22.2 Å². The molecule has 0 spiro atoms. The van der Waals surface area contributed by atoms with Gasteiger partial charge in [0, 0.05) is 11.5 Å². The molecule has 0 amide bonds. The number of anilines is 1. The van der Waals surface area contributed by atoms with Crippen LogP contribution < -0.4 is 10.2 Å². The third kappa shape index (κ3) is 1.44. The van der Waals surface area contributed by atoms with Crippen molar-refractivity contribution in [2.75, 3.05) is 18.5 Å². The Morgan fingerprint density at radius 2 is 2.31 bits per heavy atom. The normalized spacial score (nSPS) is 27.8. The highest BCUT2D eigenvalue weighted by Crippen LogP contribution is 2.45. The molecule has 2 aliphatic heterocycles. The van der Waals surface area contributed by atoms with Crippen LogP contribution in [0, 0.1) is 0 Å². The molecule has 3 rings (SSSR count). The Morgan fingerprint density at radius 1 is 1.50 bits per heavy atom. The third-order valence-electron chi connectivity index (χ3n) is 3.72. The van der Waals surface area contributed by atoms with Gasteiger partial charge in [-0.3, -0.25) is 5.32 Å². The summed E-state index contributed by atoms with van der Waals surface area (Å²) in [6.45, 7) is 1.06. The minimum Gasteiger partial charge on any atom is -0.508 e. The number of fused-ring (bicyclic) bond motifs is 4. The number of benzene rings is 1. The molecular weight excluding hydrogens is 268 g/mol. The quantitative estimate of drug-likeness (QED) is 0.767. The first-order valence-electron chi connectivity index (χ1n) is 5.65. The van der Waals surface area contributed by atoms with Crippen molar-refractivity contribution in [2.45, 2.75) is 24.9 Å². The average molecular weight is 283 g/mol. The molecular formula is C12H15BrN2O. The smallest absolute Gasteiger partial charge is 0.117 e. The maximum absolute atomic E-state index is 9.69. The molecule has 2 heterocycles. The van der Waals surface area contributed by atoms with Gasteiger partial charge >= 0.3 is 0 Å². The van der Waals surface area contributed by atoms with Gasteiger partial charge in [0.25, 0.3) is 0 Å². The zero-order chi connectivity index (χ0) is 11.3. The highest BCUT2D eigenvalue weighted by atomic mass is 79.9. The summed E-state index contributed by atoms with van der Waals surface area (Å²) in [6, 6.07) is 3.69. The van der Waals surface area contributed by atoms with Gasteiger partial charge in [-0.25, -0.2) is 0 Å². The van der Waals surface area contributed by atoms with Gasteiger partial charge in [-0.15, -0.1) is 0 Å². The van der Waals surface area contributed by atoms with Gasteiger partial charge in [-0.1, -0.05) is 0 Å². The van der Waals surface area contributed by atoms with E-state index in [1.807, 2.05) is 6.07 Å². The van der Waals surface area contributed by atoms with E-state index in [0.29, 0.717) is 17.8 Å². The first-order valence-corrected chi connectivity index (χ1v) is 6.44. The lowest BCUT2D eigenvalue weighted by Crippen LogP contribution is -2.51. The minimum atomic E-state index is 0.357. The minimum absolute atomic E-state index is 0.357. The number of halogens is 1. The molecule has 2 unspecified atom stereocenters. The molecule has 2 atom stereocenters. The Hall–Kier alpha value is -0.740. The van der Waals surface area contributed by atoms with Crippen LogP contribution in [0.2, 0.25) is 0 Å². The summed E-state index contributed by atoms with van der Waals surface area (Å²) in [7, 11) is 2.11. The first-order chi connectivity index (χ1) is 7.66. The fourth-order valence-corrected chi connectivity index (χ4v) is 3.66. The Balaban J connectivity index is 2.18. The topological polar surface area (TPSA) is 35.5 Å². The predicted octanol–water partition coefficient (Wildman–Crippen LogP) is 2.40. The zero-order valence-electron chi connectivity index (χ0n) is 9.20. The summed E-state index contributed by atoms with van der Waals surface area (Å²) in [6.07, 6.45) is 2.74. The third-order valence-corrected chi connectivity index (χ3v) is 4.32. The lowest BCUT2D eigenvalue weighted by molar-refractivity contribution is 0.340. The molecule has 2 aliphatic rings. The molecule has 0 radical (unpaired) electrons. The van der Waals surface area contributed by atoms with Crippen LogP contribution in [0.1, 0.15) is 24.3 Å². The maximum Gasteiger partial charge on any atom is 0.117 e. The summed E-state index contributed by atoms with van der Waals surface area (Å²) in [4.78, 5) is 2.27. The number of aromatic hydroxyl groups is 1. The molecule has 1 aromatic rings. The molecule has 4 heteroatoms. The molecule has 1 saturated heterocycles. The number of piperidine rings is 1. The first kappa shape index (κ1) is 10.4. The summed E-state index contributed by atoms with van der Waals surface area (Å²) < 4.78 is 0.989. The van der Waals surface area contributed by atoms with Crippen LogP contribution in [0.4, 0.5) is 5.69 Å². The van der Waals surface area contributed by atoms with Crippen LogP contribution in [0.15, 0.2) is 16.6 Å². The molecule has 86 valence electrons. The number of hydrogen-bond donors (Lipinski definition) is 2. The van der Waals surface area contributed by atoms with E-state index in [-0.39, 0.29) is 0 Å². The Bertz CT molecular complexity index is 435. The van der Waals surface area contributed by atoms with Gasteiger partial charge in [-0.05, 0) is 58.9 Å². The summed E-state index contributed by atoms with van der Waals surface area (Å²) >= 11 is 3.55. The van der Waals surface area contributed by atoms with E-state index in [1.54, 1.807) is 6.07 Å². The fourth-order valence-electron chi connectivity index (χ4n) is 2.92. The van der Waals surface area contributed by atoms with Crippen LogP contribution in [-0.4, -0.2) is 24.9 Å². The van der Waals surface area contributed by atoms with Crippen LogP contribution in [0.3, 0.4) is 0 Å². The Kier molecular flexibility index (Phi) is 2.37. The van der Waals surface area contributed by atoms with Gasteiger partial charge in [0.05, 0.1) is 11.9 Å². The van der Waals surface area contributed by atoms with Crippen LogP contribution in [0.25, 0.3) is 0 Å². The lowest BCUT2D eigenvalue weighted by atomic mass is 9.83. The highest BCUT2D eigenvalue weighted by molar-refractivity contribution is 9.10. The monoisotopic (exact) mass is 282 g/mol. The highest BCUT2D eigenvalue weighted by Gasteiger charge is 2.34. The molecule has 1 fully saturated rings. The second kappa shape index (κ2) is 3.64. The largest absolute Gasteiger partial charge is 0.508 e. The van der Waals surface area contributed by atoms with Crippen LogP contribution in [0.5, 0.6) is 5.75 Å². The SMILES string of the molecule is CN1c2c(Br)cc(O)cc2C2CCNC1C2. The average Bonchev–Trinajstić information content (AvgIpc) is 2.26. The summed E-state index contributed by atoms with van der Waals surface area (Å²) in [5.74, 6) is 0.942. The van der Waals surface area contributed by atoms with E-state index in [4.69, 9.17) is 0 Å². The van der Waals surface area contributed by atoms with Crippen molar-refractivity contribution in [3.63, 3.8) is 0 Å². The molecule has 0 aliphatic carbocycles. The lowest BCUT2D eigenvalue weighted by Gasteiger charge is -2.44. The summed E-state index contributed by atoms with van der Waals surface area (Å²) in [5, 5.41) is 13.2. The maximum atomic E-state index is 9.69. The van der Waals surface area contributed by atoms with Crippen LogP contribution >= 0.6 is 15.9 Å². The fraction of sp³-hybridized carbons (Fsp3) is 0.500. The second-order valence-corrected chi connectivity index (χ2v) is 5.52. The number of nitrogens with one attached hydrogen (secondary N) is 1. The van der Waals surface area contributed by atoms with Crippen molar-refractivity contribution >= 4 is 21.6 Å². The van der Waals surface area contributed by atoms with Gasteiger partial charge in [-0.2, -0.15) is 0 Å². The van der Waals surface area contributed by atoms with E-state index in [0.717, 1.165) is 23.9 Å². The number of phenols is 1. The molecule has 2 N–H and O–H groups in total. The molecule has 16 heavy (non-hydrogen) atoms. The Morgan fingerprint density at radius 3 is 3.12 bits per heavy atom. The standard InChI is InChI=1S/C12H15BrN2O/c1-15-11-4-7(2-3-14-11)9-5-8(16)6-10(13)12(9)15/h5-7,11,14,16H,2-4H2,1H3. The van der Waals surface area contributed by atoms with Gasteiger partial charge in [0.2, 0.25) is 0 Å². The number of nitrogens with zero attached hydrogens (tertiary/aromatic N) is 1.